The van der Waals surface area contributed by atoms with Crippen molar-refractivity contribution in [2.24, 2.45) is 5.92 Å². The molecule has 0 aromatic heterocycles. The molecule has 0 unspecified atom stereocenters. The summed E-state index contributed by atoms with van der Waals surface area (Å²) in [6, 6.07) is -0.111. The molecule has 0 saturated heterocycles. The Bertz CT molecular complexity index is 151. The Morgan fingerprint density at radius 1 is 1.46 bits per heavy atom. The molecule has 0 aliphatic rings. The lowest BCUT2D eigenvalue weighted by Gasteiger charge is -2.26. The van der Waals surface area contributed by atoms with E-state index >= 15 is 0 Å². The average Bonchev–Trinajstić information content (AvgIpc) is 2.03. The van der Waals surface area contributed by atoms with Crippen LogP contribution in [0, 0.1) is 5.92 Å². The van der Waals surface area contributed by atoms with Gasteiger partial charge in [-0.25, -0.2) is 0 Å². The van der Waals surface area contributed by atoms with Crippen LogP contribution < -0.4 is 0 Å². The quantitative estimate of drug-likeness (QED) is 0.659. The molecule has 2 atom stereocenters. The third kappa shape index (κ3) is 4.48. The summed E-state index contributed by atoms with van der Waals surface area (Å²) in [5.41, 5.74) is 0. The molecule has 13 heavy (non-hydrogen) atoms. The molecule has 4 heteroatoms. The van der Waals surface area contributed by atoms with Crippen molar-refractivity contribution in [1.29, 1.82) is 0 Å². The molecule has 0 aliphatic carbocycles. The van der Waals surface area contributed by atoms with Crippen molar-refractivity contribution in [3.05, 3.63) is 0 Å². The summed E-state index contributed by atoms with van der Waals surface area (Å²) in [6.07, 6.45) is 0.984. The summed E-state index contributed by atoms with van der Waals surface area (Å²) < 4.78 is 4.72. The molecular formula is C9H20ClNO2. The van der Waals surface area contributed by atoms with Crippen LogP contribution in [0.1, 0.15) is 20.3 Å². The predicted molar refractivity (Wildman–Crippen MR) is 56.2 cm³/mol. The number of hydrogen-bond donors (Lipinski definition) is 0. The maximum atomic E-state index is 11.3. The highest BCUT2D eigenvalue weighted by atomic mass is 35.5. The number of hydrogen-bond acceptors (Lipinski definition) is 3. The van der Waals surface area contributed by atoms with E-state index in [4.69, 9.17) is 4.74 Å². The van der Waals surface area contributed by atoms with E-state index in [1.54, 1.807) is 0 Å². The number of esters is 1. The van der Waals surface area contributed by atoms with Gasteiger partial charge in [-0.2, -0.15) is 0 Å². The van der Waals surface area contributed by atoms with E-state index < -0.39 is 0 Å². The Labute approximate surface area is 86.8 Å². The standard InChI is InChI=1S/C9H19NO2.ClH/c1-6-7(2)8(10(3)4)9(11)12-5;/h7-8H,6H2,1-5H3;1H/t7-,8+;/m1./s1. The smallest absolute Gasteiger partial charge is 0.323 e. The topological polar surface area (TPSA) is 29.5 Å². The second kappa shape index (κ2) is 7.15. The largest absolute Gasteiger partial charge is 0.468 e. The molecule has 0 aromatic carbocycles. The van der Waals surface area contributed by atoms with E-state index in [0.717, 1.165) is 6.42 Å². The molecule has 0 aromatic rings. The van der Waals surface area contributed by atoms with Crippen LogP contribution in [0.2, 0.25) is 0 Å². The van der Waals surface area contributed by atoms with Crippen LogP contribution >= 0.6 is 12.4 Å². The van der Waals surface area contributed by atoms with Crippen molar-refractivity contribution >= 4 is 18.4 Å². The van der Waals surface area contributed by atoms with Crippen LogP contribution in [0.25, 0.3) is 0 Å². The lowest BCUT2D eigenvalue weighted by atomic mass is 9.98. The fraction of sp³-hybridized carbons (Fsp3) is 0.889. The van der Waals surface area contributed by atoms with Gasteiger partial charge >= 0.3 is 5.97 Å². The predicted octanol–water partition coefficient (Wildman–Crippen LogP) is 1.56. The highest BCUT2D eigenvalue weighted by Crippen LogP contribution is 2.13. The van der Waals surface area contributed by atoms with Crippen molar-refractivity contribution in [2.45, 2.75) is 26.3 Å². The third-order valence-electron chi connectivity index (χ3n) is 2.18. The SMILES string of the molecule is CC[C@@H](C)[C@@H](C(=O)OC)N(C)C.Cl. The minimum absolute atomic E-state index is 0. The normalized spacial score (nSPS) is 14.6. The first-order valence-electron chi connectivity index (χ1n) is 4.28. The number of carbonyl (C=O) groups excluding carboxylic acids is 1. The summed E-state index contributed by atoms with van der Waals surface area (Å²) >= 11 is 0. The van der Waals surface area contributed by atoms with Crippen molar-refractivity contribution < 1.29 is 9.53 Å². The first kappa shape index (κ1) is 15.2. The first-order valence-corrected chi connectivity index (χ1v) is 4.28. The van der Waals surface area contributed by atoms with Gasteiger partial charge in [-0.05, 0) is 20.0 Å². The Kier molecular flexibility index (Phi) is 8.37. The van der Waals surface area contributed by atoms with Crippen LogP contribution in [0.15, 0.2) is 0 Å². The molecule has 0 spiro atoms. The van der Waals surface area contributed by atoms with Gasteiger partial charge in [-0.3, -0.25) is 9.69 Å². The monoisotopic (exact) mass is 209 g/mol. The summed E-state index contributed by atoms with van der Waals surface area (Å²) in [5.74, 6) is 0.196. The van der Waals surface area contributed by atoms with Crippen molar-refractivity contribution in [3.63, 3.8) is 0 Å². The van der Waals surface area contributed by atoms with Gasteiger partial charge in [-0.15, -0.1) is 12.4 Å². The molecule has 0 N–H and O–H groups in total. The Morgan fingerprint density at radius 3 is 2.15 bits per heavy atom. The van der Waals surface area contributed by atoms with Crippen molar-refractivity contribution in [1.82, 2.24) is 4.90 Å². The summed E-state index contributed by atoms with van der Waals surface area (Å²) in [6.45, 7) is 4.13. The molecule has 0 radical (unpaired) electrons. The maximum Gasteiger partial charge on any atom is 0.323 e. The average molecular weight is 210 g/mol. The van der Waals surface area contributed by atoms with Crippen LogP contribution in [-0.4, -0.2) is 38.1 Å². The van der Waals surface area contributed by atoms with Crippen LogP contribution in [-0.2, 0) is 9.53 Å². The van der Waals surface area contributed by atoms with Gasteiger partial charge in [0.25, 0.3) is 0 Å². The van der Waals surface area contributed by atoms with E-state index in [2.05, 4.69) is 13.8 Å². The minimum Gasteiger partial charge on any atom is -0.468 e. The van der Waals surface area contributed by atoms with Gasteiger partial charge in [-0.1, -0.05) is 20.3 Å². The lowest BCUT2D eigenvalue weighted by Crippen LogP contribution is -2.41. The van der Waals surface area contributed by atoms with E-state index in [-0.39, 0.29) is 24.4 Å². The molecule has 0 saturated carbocycles. The Balaban J connectivity index is 0. The number of carbonyl (C=O) groups is 1. The van der Waals surface area contributed by atoms with Gasteiger partial charge in [0.15, 0.2) is 0 Å². The van der Waals surface area contributed by atoms with Gasteiger partial charge < -0.3 is 4.74 Å². The highest BCUT2D eigenvalue weighted by Gasteiger charge is 2.26. The molecule has 0 heterocycles. The Morgan fingerprint density at radius 2 is 1.92 bits per heavy atom. The zero-order valence-electron chi connectivity index (χ0n) is 9.03. The van der Waals surface area contributed by atoms with E-state index in [1.165, 1.54) is 7.11 Å². The molecule has 0 rings (SSSR count). The number of methoxy groups -OCH3 is 1. The van der Waals surface area contributed by atoms with Crippen LogP contribution in [0.3, 0.4) is 0 Å². The van der Waals surface area contributed by atoms with Crippen molar-refractivity contribution in [3.8, 4) is 0 Å². The first-order chi connectivity index (χ1) is 5.54. The summed E-state index contributed by atoms with van der Waals surface area (Å²) in [7, 11) is 5.22. The van der Waals surface area contributed by atoms with Crippen molar-refractivity contribution in [2.75, 3.05) is 21.2 Å². The van der Waals surface area contributed by atoms with Crippen LogP contribution in [0.5, 0.6) is 0 Å². The second-order valence-electron chi connectivity index (χ2n) is 3.32. The van der Waals surface area contributed by atoms with E-state index in [9.17, 15) is 4.79 Å². The third-order valence-corrected chi connectivity index (χ3v) is 2.18. The maximum absolute atomic E-state index is 11.3. The molecule has 3 nitrogen and oxygen atoms in total. The number of ether oxygens (including phenoxy) is 1. The molecule has 80 valence electrons. The summed E-state index contributed by atoms with van der Waals surface area (Å²) in [5, 5.41) is 0. The lowest BCUT2D eigenvalue weighted by molar-refractivity contribution is -0.147. The number of rotatable bonds is 4. The zero-order valence-corrected chi connectivity index (χ0v) is 9.85. The zero-order chi connectivity index (χ0) is 9.72. The van der Waals surface area contributed by atoms with Gasteiger partial charge in [0.05, 0.1) is 7.11 Å². The van der Waals surface area contributed by atoms with Gasteiger partial charge in [0.2, 0.25) is 0 Å². The van der Waals surface area contributed by atoms with E-state index in [1.807, 2.05) is 19.0 Å². The Hall–Kier alpha value is -0.280. The van der Waals surface area contributed by atoms with E-state index in [0.29, 0.717) is 5.92 Å². The number of nitrogens with zero attached hydrogens (tertiary/aromatic N) is 1. The molecular weight excluding hydrogens is 190 g/mol. The molecule has 0 fully saturated rings. The molecule has 0 amide bonds. The number of likely N-dealkylation sites (N-methyl/N-ethyl adjacent to an activating group) is 1. The molecule has 0 bridgehead atoms. The van der Waals surface area contributed by atoms with Gasteiger partial charge in [0, 0.05) is 0 Å². The highest BCUT2D eigenvalue weighted by molar-refractivity contribution is 5.85. The molecule has 0 aliphatic heterocycles. The minimum atomic E-state index is -0.144. The number of halogens is 1. The fourth-order valence-electron chi connectivity index (χ4n) is 1.30. The van der Waals surface area contributed by atoms with Gasteiger partial charge in [0.1, 0.15) is 6.04 Å². The van der Waals surface area contributed by atoms with Crippen LogP contribution in [0.4, 0.5) is 0 Å². The summed E-state index contributed by atoms with van der Waals surface area (Å²) in [4.78, 5) is 13.2. The fourth-order valence-corrected chi connectivity index (χ4v) is 1.30. The second-order valence-corrected chi connectivity index (χ2v) is 3.32.